The van der Waals surface area contributed by atoms with Gasteiger partial charge in [-0.15, -0.1) is 0 Å². The normalized spacial score (nSPS) is 11.3. The maximum atomic E-state index is 11.8. The van der Waals surface area contributed by atoms with E-state index in [2.05, 4.69) is 49.4 Å². The molecular formula is C15H22Br2N2O2. The number of rotatable bonds is 6. The predicted octanol–water partition coefficient (Wildman–Crippen LogP) is 3.61. The Hall–Kier alpha value is -0.590. The van der Waals surface area contributed by atoms with Gasteiger partial charge in [-0.2, -0.15) is 0 Å². The minimum atomic E-state index is -0.259. The Kier molecular flexibility index (Phi) is 7.16. The van der Waals surface area contributed by atoms with Crippen molar-refractivity contribution in [2.45, 2.75) is 39.8 Å². The molecule has 2 N–H and O–H groups in total. The molecule has 0 saturated heterocycles. The summed E-state index contributed by atoms with van der Waals surface area (Å²) in [5.41, 5.74) is 0.881. The van der Waals surface area contributed by atoms with Gasteiger partial charge in [-0.1, -0.05) is 6.92 Å². The van der Waals surface area contributed by atoms with Crippen molar-refractivity contribution in [1.82, 2.24) is 10.6 Å². The monoisotopic (exact) mass is 420 g/mol. The second kappa shape index (κ2) is 8.15. The summed E-state index contributed by atoms with van der Waals surface area (Å²) < 4.78 is 7.26. The molecule has 0 bridgehead atoms. The molecule has 0 radical (unpaired) electrons. The lowest BCUT2D eigenvalue weighted by Gasteiger charge is -2.21. The fourth-order valence-electron chi connectivity index (χ4n) is 1.71. The van der Waals surface area contributed by atoms with Gasteiger partial charge in [-0.25, -0.2) is 0 Å². The van der Waals surface area contributed by atoms with Crippen molar-refractivity contribution >= 4 is 37.8 Å². The van der Waals surface area contributed by atoms with E-state index >= 15 is 0 Å². The van der Waals surface area contributed by atoms with Crippen LogP contribution in [0.25, 0.3) is 0 Å². The first-order valence-corrected chi connectivity index (χ1v) is 8.44. The third-order valence-corrected chi connectivity index (χ3v) is 3.68. The van der Waals surface area contributed by atoms with Crippen LogP contribution in [0.3, 0.4) is 0 Å². The molecule has 21 heavy (non-hydrogen) atoms. The molecule has 0 spiro atoms. The van der Waals surface area contributed by atoms with Gasteiger partial charge in [0.1, 0.15) is 5.75 Å². The smallest absolute Gasteiger partial charge is 0.258 e. The molecule has 118 valence electrons. The van der Waals surface area contributed by atoms with Crippen molar-refractivity contribution in [2.75, 3.05) is 13.2 Å². The summed E-state index contributed by atoms with van der Waals surface area (Å²) in [6, 6.07) is 3.98. The zero-order valence-corrected chi connectivity index (χ0v) is 16.0. The lowest BCUT2D eigenvalue weighted by Crippen LogP contribution is -2.43. The van der Waals surface area contributed by atoms with Crippen molar-refractivity contribution in [3.05, 3.63) is 26.6 Å². The van der Waals surface area contributed by atoms with Crippen molar-refractivity contribution in [1.29, 1.82) is 0 Å². The van der Waals surface area contributed by atoms with E-state index in [0.717, 1.165) is 27.6 Å². The third kappa shape index (κ3) is 6.80. The second-order valence-electron chi connectivity index (χ2n) is 5.76. The van der Waals surface area contributed by atoms with Crippen LogP contribution >= 0.6 is 31.9 Å². The molecule has 0 saturated carbocycles. The van der Waals surface area contributed by atoms with E-state index in [1.54, 1.807) is 0 Å². The standard InChI is InChI=1S/C15H22Br2N2O2/c1-5-18-8-10-6-11(16)14(12(17)7-10)21-9-13(20)19-15(2,3)4/h6-7,18H,5,8-9H2,1-4H3,(H,19,20). The molecule has 4 nitrogen and oxygen atoms in total. The van der Waals surface area contributed by atoms with Crippen LogP contribution in [0, 0.1) is 0 Å². The number of hydrogen-bond acceptors (Lipinski definition) is 3. The molecule has 0 aliphatic heterocycles. The molecule has 0 atom stereocenters. The number of amides is 1. The number of benzene rings is 1. The van der Waals surface area contributed by atoms with E-state index in [0.29, 0.717) is 5.75 Å². The zero-order chi connectivity index (χ0) is 16.0. The number of carbonyl (C=O) groups is 1. The average molecular weight is 422 g/mol. The first-order valence-electron chi connectivity index (χ1n) is 6.85. The highest BCUT2D eigenvalue weighted by Gasteiger charge is 2.16. The zero-order valence-electron chi connectivity index (χ0n) is 12.8. The second-order valence-corrected chi connectivity index (χ2v) is 7.46. The van der Waals surface area contributed by atoms with Crippen molar-refractivity contribution in [3.63, 3.8) is 0 Å². The first-order chi connectivity index (χ1) is 9.73. The van der Waals surface area contributed by atoms with Crippen molar-refractivity contribution in [2.24, 2.45) is 0 Å². The highest BCUT2D eigenvalue weighted by Crippen LogP contribution is 2.34. The fourth-order valence-corrected chi connectivity index (χ4v) is 3.22. The Morgan fingerprint density at radius 3 is 2.29 bits per heavy atom. The summed E-state index contributed by atoms with van der Waals surface area (Å²) in [6.45, 7) is 9.57. The summed E-state index contributed by atoms with van der Waals surface area (Å²) in [5.74, 6) is 0.498. The van der Waals surface area contributed by atoms with Crippen LogP contribution in [0.1, 0.15) is 33.3 Å². The Labute approximate surface area is 143 Å². The van der Waals surface area contributed by atoms with Gasteiger partial charge in [0.2, 0.25) is 0 Å². The Balaban J connectivity index is 2.69. The lowest BCUT2D eigenvalue weighted by atomic mass is 10.1. The van der Waals surface area contributed by atoms with Gasteiger partial charge in [0.05, 0.1) is 8.95 Å². The molecule has 1 amide bonds. The van der Waals surface area contributed by atoms with Crippen LogP contribution in [0.4, 0.5) is 0 Å². The minimum Gasteiger partial charge on any atom is -0.481 e. The molecule has 0 heterocycles. The maximum Gasteiger partial charge on any atom is 0.258 e. The van der Waals surface area contributed by atoms with E-state index in [1.807, 2.05) is 32.9 Å². The number of hydrogen-bond donors (Lipinski definition) is 2. The number of carbonyl (C=O) groups excluding carboxylic acids is 1. The average Bonchev–Trinajstić information content (AvgIpc) is 2.33. The van der Waals surface area contributed by atoms with Gasteiger partial charge in [0, 0.05) is 12.1 Å². The summed E-state index contributed by atoms with van der Waals surface area (Å²) in [7, 11) is 0. The predicted molar refractivity (Wildman–Crippen MR) is 92.6 cm³/mol. The largest absolute Gasteiger partial charge is 0.481 e. The van der Waals surface area contributed by atoms with Gasteiger partial charge in [-0.3, -0.25) is 4.79 Å². The summed E-state index contributed by atoms with van der Waals surface area (Å²) >= 11 is 6.97. The molecule has 0 fully saturated rings. The van der Waals surface area contributed by atoms with Crippen LogP contribution < -0.4 is 15.4 Å². The van der Waals surface area contributed by atoms with Crippen LogP contribution in [0.15, 0.2) is 21.1 Å². The van der Waals surface area contributed by atoms with Crippen molar-refractivity contribution in [3.8, 4) is 5.75 Å². The third-order valence-electron chi connectivity index (χ3n) is 2.50. The van der Waals surface area contributed by atoms with Gasteiger partial charge in [0.15, 0.2) is 6.61 Å². The van der Waals surface area contributed by atoms with Crippen molar-refractivity contribution < 1.29 is 9.53 Å². The number of ether oxygens (including phenoxy) is 1. The molecule has 1 aromatic carbocycles. The van der Waals surface area contributed by atoms with Crippen LogP contribution in [0.2, 0.25) is 0 Å². The number of nitrogens with one attached hydrogen (secondary N) is 2. The highest BCUT2D eigenvalue weighted by atomic mass is 79.9. The molecule has 0 aromatic heterocycles. The van der Waals surface area contributed by atoms with E-state index in [-0.39, 0.29) is 18.1 Å². The fraction of sp³-hybridized carbons (Fsp3) is 0.533. The van der Waals surface area contributed by atoms with Crippen LogP contribution in [0.5, 0.6) is 5.75 Å². The van der Waals surface area contributed by atoms with Gasteiger partial charge in [-0.05, 0) is 76.9 Å². The molecule has 1 aromatic rings. The van der Waals surface area contributed by atoms with Gasteiger partial charge >= 0.3 is 0 Å². The number of halogens is 2. The molecule has 6 heteroatoms. The summed E-state index contributed by atoms with van der Waals surface area (Å²) in [6.07, 6.45) is 0. The van der Waals surface area contributed by atoms with Gasteiger partial charge in [0.25, 0.3) is 5.91 Å². The molecule has 0 unspecified atom stereocenters. The summed E-state index contributed by atoms with van der Waals surface area (Å²) in [4.78, 5) is 11.8. The summed E-state index contributed by atoms with van der Waals surface area (Å²) in [5, 5.41) is 6.13. The first kappa shape index (κ1) is 18.5. The topological polar surface area (TPSA) is 50.4 Å². The van der Waals surface area contributed by atoms with E-state index in [4.69, 9.17) is 4.74 Å². The SMILES string of the molecule is CCNCc1cc(Br)c(OCC(=O)NC(C)(C)C)c(Br)c1. The van der Waals surface area contributed by atoms with E-state index < -0.39 is 0 Å². The highest BCUT2D eigenvalue weighted by molar-refractivity contribution is 9.11. The Morgan fingerprint density at radius 2 is 1.81 bits per heavy atom. The molecule has 0 aliphatic carbocycles. The molecule has 1 rings (SSSR count). The van der Waals surface area contributed by atoms with E-state index in [1.165, 1.54) is 0 Å². The van der Waals surface area contributed by atoms with E-state index in [9.17, 15) is 4.79 Å². The lowest BCUT2D eigenvalue weighted by molar-refractivity contribution is -0.124. The maximum absolute atomic E-state index is 11.8. The van der Waals surface area contributed by atoms with Gasteiger partial charge < -0.3 is 15.4 Å². The van der Waals surface area contributed by atoms with Crippen LogP contribution in [-0.2, 0) is 11.3 Å². The quantitative estimate of drug-likeness (QED) is 0.737. The Bertz CT molecular complexity index is 476. The Morgan fingerprint density at radius 1 is 1.24 bits per heavy atom. The molecule has 0 aliphatic rings. The van der Waals surface area contributed by atoms with Crippen LogP contribution in [-0.4, -0.2) is 24.6 Å². The minimum absolute atomic E-state index is 0.0129. The molecular weight excluding hydrogens is 400 g/mol.